The summed E-state index contributed by atoms with van der Waals surface area (Å²) in [5.74, 6) is 1.69. The Morgan fingerprint density at radius 3 is 2.44 bits per heavy atom. The average Bonchev–Trinajstić information content (AvgIpc) is 2.29. The van der Waals surface area contributed by atoms with E-state index in [9.17, 15) is 0 Å². The summed E-state index contributed by atoms with van der Waals surface area (Å²) in [6, 6.07) is 0.669. The average molecular weight is 227 g/mol. The van der Waals surface area contributed by atoms with Crippen molar-refractivity contribution in [1.29, 1.82) is 0 Å². The standard InChI is InChI=1S/C14H29NO/c1-12(2)6-4-5-9-15-13(3)14-7-10-16-11-8-14/h12-15H,4-11H2,1-3H3. The molecule has 1 rings (SSSR count). The number of hydrogen-bond donors (Lipinski definition) is 1. The van der Waals surface area contributed by atoms with E-state index in [1.54, 1.807) is 0 Å². The molecule has 0 aromatic heterocycles. The molecule has 1 aliphatic rings. The number of ether oxygens (including phenoxy) is 1. The molecule has 1 saturated heterocycles. The fourth-order valence-electron chi connectivity index (χ4n) is 2.39. The first-order valence-electron chi connectivity index (χ1n) is 7.01. The van der Waals surface area contributed by atoms with Gasteiger partial charge in [-0.05, 0) is 44.6 Å². The van der Waals surface area contributed by atoms with Gasteiger partial charge < -0.3 is 10.1 Å². The molecule has 0 amide bonds. The highest BCUT2D eigenvalue weighted by molar-refractivity contribution is 4.74. The molecule has 96 valence electrons. The third-order valence-corrected chi connectivity index (χ3v) is 3.65. The second kappa shape index (κ2) is 8.08. The van der Waals surface area contributed by atoms with E-state index in [2.05, 4.69) is 26.1 Å². The van der Waals surface area contributed by atoms with Gasteiger partial charge in [-0.3, -0.25) is 0 Å². The third-order valence-electron chi connectivity index (χ3n) is 3.65. The molecule has 1 atom stereocenters. The first-order valence-corrected chi connectivity index (χ1v) is 7.01. The highest BCUT2D eigenvalue weighted by Crippen LogP contribution is 2.18. The molecular weight excluding hydrogens is 198 g/mol. The SMILES string of the molecule is CC(C)CCCCNC(C)C1CCOCC1. The van der Waals surface area contributed by atoms with Crippen LogP contribution in [0.4, 0.5) is 0 Å². The van der Waals surface area contributed by atoms with Crippen LogP contribution in [0.25, 0.3) is 0 Å². The lowest BCUT2D eigenvalue weighted by Gasteiger charge is -2.28. The highest BCUT2D eigenvalue weighted by atomic mass is 16.5. The van der Waals surface area contributed by atoms with E-state index < -0.39 is 0 Å². The Labute approximate surface area is 101 Å². The Morgan fingerprint density at radius 1 is 1.12 bits per heavy atom. The summed E-state index contributed by atoms with van der Waals surface area (Å²) in [6.45, 7) is 10.0. The van der Waals surface area contributed by atoms with Crippen molar-refractivity contribution >= 4 is 0 Å². The van der Waals surface area contributed by atoms with Gasteiger partial charge in [0.25, 0.3) is 0 Å². The van der Waals surface area contributed by atoms with E-state index >= 15 is 0 Å². The van der Waals surface area contributed by atoms with Gasteiger partial charge >= 0.3 is 0 Å². The van der Waals surface area contributed by atoms with Crippen molar-refractivity contribution in [2.75, 3.05) is 19.8 Å². The summed E-state index contributed by atoms with van der Waals surface area (Å²) < 4.78 is 5.39. The van der Waals surface area contributed by atoms with Crippen molar-refractivity contribution in [1.82, 2.24) is 5.32 Å². The minimum Gasteiger partial charge on any atom is -0.381 e. The summed E-state index contributed by atoms with van der Waals surface area (Å²) in [5.41, 5.74) is 0. The van der Waals surface area contributed by atoms with Gasteiger partial charge in [0, 0.05) is 19.3 Å². The largest absolute Gasteiger partial charge is 0.381 e. The predicted octanol–water partition coefficient (Wildman–Crippen LogP) is 3.22. The zero-order chi connectivity index (χ0) is 11.8. The van der Waals surface area contributed by atoms with Crippen molar-refractivity contribution in [2.24, 2.45) is 11.8 Å². The maximum Gasteiger partial charge on any atom is 0.0469 e. The summed E-state index contributed by atoms with van der Waals surface area (Å²) in [7, 11) is 0. The smallest absolute Gasteiger partial charge is 0.0469 e. The summed E-state index contributed by atoms with van der Waals surface area (Å²) in [6.07, 6.45) is 6.53. The second-order valence-corrected chi connectivity index (χ2v) is 5.58. The first kappa shape index (κ1) is 14.0. The summed E-state index contributed by atoms with van der Waals surface area (Å²) >= 11 is 0. The van der Waals surface area contributed by atoms with Crippen LogP contribution in [-0.4, -0.2) is 25.8 Å². The van der Waals surface area contributed by atoms with Crippen LogP contribution in [0.3, 0.4) is 0 Å². The van der Waals surface area contributed by atoms with Gasteiger partial charge in [-0.15, -0.1) is 0 Å². The van der Waals surface area contributed by atoms with Gasteiger partial charge in [0.15, 0.2) is 0 Å². The van der Waals surface area contributed by atoms with Crippen molar-refractivity contribution in [3.63, 3.8) is 0 Å². The molecule has 0 aliphatic carbocycles. The minimum absolute atomic E-state index is 0.669. The molecule has 0 spiro atoms. The lowest BCUT2D eigenvalue weighted by Crippen LogP contribution is -2.37. The van der Waals surface area contributed by atoms with Crippen LogP contribution >= 0.6 is 0 Å². The lowest BCUT2D eigenvalue weighted by atomic mass is 9.93. The van der Waals surface area contributed by atoms with Gasteiger partial charge in [0.1, 0.15) is 0 Å². The monoisotopic (exact) mass is 227 g/mol. The molecule has 0 saturated carbocycles. The van der Waals surface area contributed by atoms with E-state index in [0.717, 1.165) is 25.0 Å². The van der Waals surface area contributed by atoms with Gasteiger partial charge in [-0.2, -0.15) is 0 Å². The maximum absolute atomic E-state index is 5.39. The number of hydrogen-bond acceptors (Lipinski definition) is 2. The van der Waals surface area contributed by atoms with Gasteiger partial charge in [0.05, 0.1) is 0 Å². The topological polar surface area (TPSA) is 21.3 Å². The van der Waals surface area contributed by atoms with Crippen molar-refractivity contribution < 1.29 is 4.74 Å². The molecule has 2 nitrogen and oxygen atoms in total. The Hall–Kier alpha value is -0.0800. The van der Waals surface area contributed by atoms with E-state index in [1.807, 2.05) is 0 Å². The van der Waals surface area contributed by atoms with Crippen molar-refractivity contribution in [3.05, 3.63) is 0 Å². The van der Waals surface area contributed by atoms with Crippen molar-refractivity contribution in [3.8, 4) is 0 Å². The Morgan fingerprint density at radius 2 is 1.81 bits per heavy atom. The molecule has 0 radical (unpaired) electrons. The van der Waals surface area contributed by atoms with E-state index in [4.69, 9.17) is 4.74 Å². The number of rotatable bonds is 7. The molecule has 16 heavy (non-hydrogen) atoms. The molecule has 0 bridgehead atoms. The van der Waals surface area contributed by atoms with Crippen LogP contribution in [0.5, 0.6) is 0 Å². The molecule has 1 unspecified atom stereocenters. The van der Waals surface area contributed by atoms with Gasteiger partial charge in [0.2, 0.25) is 0 Å². The zero-order valence-electron chi connectivity index (χ0n) is 11.3. The molecule has 0 aromatic rings. The zero-order valence-corrected chi connectivity index (χ0v) is 11.3. The maximum atomic E-state index is 5.39. The highest BCUT2D eigenvalue weighted by Gasteiger charge is 2.19. The molecule has 1 fully saturated rings. The number of unbranched alkanes of at least 4 members (excludes halogenated alkanes) is 1. The quantitative estimate of drug-likeness (QED) is 0.674. The van der Waals surface area contributed by atoms with Crippen molar-refractivity contribution in [2.45, 2.75) is 58.9 Å². The van der Waals surface area contributed by atoms with Crippen LogP contribution in [0.15, 0.2) is 0 Å². The van der Waals surface area contributed by atoms with Crippen LogP contribution in [0.2, 0.25) is 0 Å². The van der Waals surface area contributed by atoms with E-state index in [-0.39, 0.29) is 0 Å². The molecule has 0 aromatic carbocycles. The third kappa shape index (κ3) is 5.86. The normalized spacial score (nSPS) is 20.2. The summed E-state index contributed by atoms with van der Waals surface area (Å²) in [5, 5.41) is 3.67. The second-order valence-electron chi connectivity index (χ2n) is 5.58. The summed E-state index contributed by atoms with van der Waals surface area (Å²) in [4.78, 5) is 0. The fraction of sp³-hybridized carbons (Fsp3) is 1.00. The number of nitrogens with one attached hydrogen (secondary N) is 1. The first-order chi connectivity index (χ1) is 7.70. The van der Waals surface area contributed by atoms with E-state index in [0.29, 0.717) is 6.04 Å². The molecule has 1 heterocycles. The Kier molecular flexibility index (Phi) is 7.06. The fourth-order valence-corrected chi connectivity index (χ4v) is 2.39. The minimum atomic E-state index is 0.669. The van der Waals surface area contributed by atoms with Crippen LogP contribution < -0.4 is 5.32 Å². The Bertz CT molecular complexity index is 164. The lowest BCUT2D eigenvalue weighted by molar-refractivity contribution is 0.0560. The molecular formula is C14H29NO. The van der Waals surface area contributed by atoms with Gasteiger partial charge in [-0.1, -0.05) is 26.7 Å². The van der Waals surface area contributed by atoms with Crippen LogP contribution in [0.1, 0.15) is 52.9 Å². The molecule has 1 N–H and O–H groups in total. The molecule has 2 heteroatoms. The predicted molar refractivity (Wildman–Crippen MR) is 69.7 cm³/mol. The van der Waals surface area contributed by atoms with E-state index in [1.165, 1.54) is 38.6 Å². The van der Waals surface area contributed by atoms with Gasteiger partial charge in [-0.25, -0.2) is 0 Å². The van der Waals surface area contributed by atoms with Crippen LogP contribution in [0, 0.1) is 11.8 Å². The molecule has 1 aliphatic heterocycles. The Balaban J connectivity index is 1.98. The van der Waals surface area contributed by atoms with Crippen LogP contribution in [-0.2, 0) is 4.74 Å².